The van der Waals surface area contributed by atoms with E-state index >= 15 is 0 Å². The molecule has 0 unspecified atom stereocenters. The molecule has 0 radical (unpaired) electrons. The molecule has 524 valence electrons. The number of allylic oxidation sites excluding steroid dienone is 3. The molecule has 0 N–H and O–H groups in total. The highest BCUT2D eigenvalue weighted by Gasteiger charge is 2.22. The summed E-state index contributed by atoms with van der Waals surface area (Å²) in [6.45, 7) is 7.93. The highest BCUT2D eigenvalue weighted by molar-refractivity contribution is 5.79. The topological polar surface area (TPSA) is 312 Å². The van der Waals surface area contributed by atoms with Gasteiger partial charge >= 0.3 is 17.9 Å². The van der Waals surface area contributed by atoms with Crippen LogP contribution in [0, 0.1) is 68.0 Å². The molecule has 0 bridgehead atoms. The minimum atomic E-state index is -0.635. The third-order valence-electron chi connectivity index (χ3n) is 16.4. The number of hydrogen-bond donors (Lipinski definition) is 0. The third-order valence-corrected chi connectivity index (χ3v) is 16.4. The number of rotatable bonds is 33. The minimum absolute atomic E-state index is 0.00727. The Hall–Kier alpha value is -14.3. The number of likely N-dealkylation sites (N-methyl/N-ethyl adjacent to an activating group) is 3. The highest BCUT2D eigenvalue weighted by atomic mass is 16.5. The van der Waals surface area contributed by atoms with E-state index in [2.05, 4.69) is 44.6 Å². The number of benzene rings is 3. The normalized spacial score (nSPS) is 10.7. The predicted octanol–water partition coefficient (Wildman–Crippen LogP) is 13.7. The fourth-order valence-electron chi connectivity index (χ4n) is 10.7. The van der Waals surface area contributed by atoms with Crippen LogP contribution in [0.5, 0.6) is 0 Å². The van der Waals surface area contributed by atoms with Crippen LogP contribution in [0.25, 0.3) is 88.8 Å². The van der Waals surface area contributed by atoms with Crippen LogP contribution in [-0.2, 0) is 28.6 Å². The van der Waals surface area contributed by atoms with E-state index in [0.717, 1.165) is 50.4 Å². The van der Waals surface area contributed by atoms with Crippen LogP contribution in [0.4, 0.5) is 17.1 Å². The van der Waals surface area contributed by atoms with Crippen LogP contribution in [-0.4, -0.2) is 131 Å². The summed E-state index contributed by atoms with van der Waals surface area (Å²) < 4.78 is 17.2. The Morgan fingerprint density at radius 3 is 0.717 bits per heavy atom. The molecule has 106 heavy (non-hydrogen) atoms. The van der Waals surface area contributed by atoms with E-state index in [1.165, 1.54) is 23.1 Å². The van der Waals surface area contributed by atoms with Crippen LogP contribution in [0.2, 0.25) is 0 Å². The van der Waals surface area contributed by atoms with Gasteiger partial charge in [0.1, 0.15) is 73.0 Å². The van der Waals surface area contributed by atoms with Crippen molar-refractivity contribution in [1.29, 1.82) is 31.6 Å². The molecule has 0 fully saturated rings. The maximum Gasteiger partial charge on any atom is 0.320 e. The van der Waals surface area contributed by atoms with Gasteiger partial charge in [-0.2, -0.15) is 31.6 Å². The monoisotopic (exact) mass is 1400 g/mol. The standard InChI is InChI=1S/C84H72N16O6/c1-4-98(73-25-13-61(14-26-73)7-10-64-19-31-76(91-52-64)79-34-22-67(55-94-79)43-70(46-85)47-86)37-40-104-82(101)58-97(59-83(102)105-41-38-99(5-2)74-27-15-62(16-28-74)8-11-65-20-32-77(92-53-65)80-35-23-68(56-95-80)44-71(48-87)49-88)60-84(103)106-42-39-100(6-3)75-29-17-63(18-30-75)9-12-66-21-33-78(93-54-66)81-36-24-69(57-96-81)45-72(50-89)51-90/h7-36,43-45,52-57H,4-6,37-42,58-60H2,1-3H3/b10-7+,11-8+,12-9+. The van der Waals surface area contributed by atoms with Crippen molar-refractivity contribution in [2.24, 2.45) is 0 Å². The molecular formula is C84H72N16O6. The van der Waals surface area contributed by atoms with Crippen LogP contribution in [0.1, 0.15) is 70.8 Å². The third kappa shape index (κ3) is 23.1. The van der Waals surface area contributed by atoms with Gasteiger partial charge in [0.25, 0.3) is 0 Å². The maximum atomic E-state index is 13.6. The summed E-state index contributed by atoms with van der Waals surface area (Å²) in [6, 6.07) is 57.0. The van der Waals surface area contributed by atoms with Gasteiger partial charge in [0, 0.05) is 73.9 Å². The van der Waals surface area contributed by atoms with E-state index in [1.54, 1.807) is 73.6 Å². The molecule has 0 aliphatic heterocycles. The smallest absolute Gasteiger partial charge is 0.320 e. The molecule has 0 atom stereocenters. The number of esters is 3. The van der Waals surface area contributed by atoms with E-state index in [0.29, 0.717) is 90.1 Å². The molecule has 22 heteroatoms. The van der Waals surface area contributed by atoms with Crippen LogP contribution >= 0.6 is 0 Å². The zero-order valence-electron chi connectivity index (χ0n) is 58.6. The van der Waals surface area contributed by atoms with Gasteiger partial charge in [0.2, 0.25) is 0 Å². The Bertz CT molecular complexity index is 4390. The lowest BCUT2D eigenvalue weighted by Crippen LogP contribution is -2.41. The summed E-state index contributed by atoms with van der Waals surface area (Å²) in [4.78, 5) is 75.4. The fraction of sp³-hybridized carbons (Fsp3) is 0.179. The first-order chi connectivity index (χ1) is 51.8. The first-order valence-corrected chi connectivity index (χ1v) is 33.9. The average molecular weight is 1400 g/mol. The first kappa shape index (κ1) is 75.9. The number of nitriles is 6. The van der Waals surface area contributed by atoms with E-state index in [-0.39, 0.29) is 56.2 Å². The second-order valence-corrected chi connectivity index (χ2v) is 23.5. The molecule has 0 saturated carbocycles. The number of ether oxygens (including phenoxy) is 3. The molecular weight excluding hydrogens is 1330 g/mol. The largest absolute Gasteiger partial charge is 0.463 e. The summed E-state index contributed by atoms with van der Waals surface area (Å²) in [5.41, 5.74) is 14.1. The van der Waals surface area contributed by atoms with Crippen LogP contribution in [0.3, 0.4) is 0 Å². The molecule has 0 saturated heterocycles. The van der Waals surface area contributed by atoms with Gasteiger partial charge in [-0.3, -0.25) is 49.2 Å². The van der Waals surface area contributed by atoms with Crippen molar-refractivity contribution in [2.75, 3.05) is 93.4 Å². The number of pyridine rings is 6. The van der Waals surface area contributed by atoms with E-state index in [1.807, 2.05) is 203 Å². The first-order valence-electron chi connectivity index (χ1n) is 33.9. The lowest BCUT2D eigenvalue weighted by atomic mass is 10.1. The minimum Gasteiger partial charge on any atom is -0.463 e. The summed E-state index contributed by atoms with van der Waals surface area (Å²) in [7, 11) is 0. The second kappa shape index (κ2) is 39.6. The molecule has 9 aromatic rings. The molecule has 3 aromatic carbocycles. The van der Waals surface area contributed by atoms with E-state index in [4.69, 9.17) is 45.8 Å². The molecule has 9 rings (SSSR count). The summed E-state index contributed by atoms with van der Waals surface area (Å²) >= 11 is 0. The summed E-state index contributed by atoms with van der Waals surface area (Å²) in [6.07, 6.45) is 26.2. The number of carbonyl (C=O) groups excluding carboxylic acids is 3. The SMILES string of the molecule is CCN(CCOC(=O)CN(CC(=O)OCCN(CC)c1ccc(/C=C/c2ccc(-c3ccc(C=C(C#N)C#N)cn3)nc2)cc1)CC(=O)OCCN(CC)c1ccc(/C=C/c2ccc(-c3ccc(C=C(C#N)C#N)cn3)nc2)cc1)c1ccc(/C=C/c2ccc(-c3ccc(C=C(C#N)C#N)cn3)nc2)cc1. The van der Waals surface area contributed by atoms with Crippen molar-refractivity contribution in [3.05, 3.63) is 250 Å². The summed E-state index contributed by atoms with van der Waals surface area (Å²) in [5, 5.41) is 54.4. The lowest BCUT2D eigenvalue weighted by Gasteiger charge is -2.25. The van der Waals surface area contributed by atoms with E-state index < -0.39 is 17.9 Å². The number of hydrogen-bond acceptors (Lipinski definition) is 22. The van der Waals surface area contributed by atoms with Crippen LogP contribution in [0.15, 0.2) is 199 Å². The molecule has 6 aromatic heterocycles. The number of nitrogens with zero attached hydrogens (tertiary/aromatic N) is 16. The van der Waals surface area contributed by atoms with Gasteiger partial charge in [-0.15, -0.1) is 0 Å². The molecule has 0 amide bonds. The molecule has 0 aliphatic carbocycles. The van der Waals surface area contributed by atoms with Gasteiger partial charge in [-0.25, -0.2) is 0 Å². The van der Waals surface area contributed by atoms with Gasteiger partial charge in [0.15, 0.2) is 0 Å². The molecule has 22 nitrogen and oxygen atoms in total. The van der Waals surface area contributed by atoms with Gasteiger partial charge < -0.3 is 28.9 Å². The number of aromatic nitrogens is 6. The van der Waals surface area contributed by atoms with Gasteiger partial charge in [-0.1, -0.05) is 109 Å². The maximum absolute atomic E-state index is 13.6. The van der Waals surface area contributed by atoms with Gasteiger partial charge in [0.05, 0.1) is 73.4 Å². The Labute approximate surface area is 615 Å². The van der Waals surface area contributed by atoms with Crippen LogP contribution < -0.4 is 14.7 Å². The van der Waals surface area contributed by atoms with Crippen molar-refractivity contribution >= 4 is 89.7 Å². The Balaban J connectivity index is 0.768. The number of anilines is 3. The fourth-order valence-corrected chi connectivity index (χ4v) is 10.7. The average Bonchev–Trinajstić information content (AvgIpc) is 0.863. The quantitative estimate of drug-likeness (QED) is 0.0209. The zero-order chi connectivity index (χ0) is 74.8. The molecule has 6 heterocycles. The van der Waals surface area contributed by atoms with Crippen molar-refractivity contribution < 1.29 is 28.6 Å². The highest BCUT2D eigenvalue weighted by Crippen LogP contribution is 2.24. The predicted molar refractivity (Wildman–Crippen MR) is 409 cm³/mol. The van der Waals surface area contributed by atoms with Crippen molar-refractivity contribution in [3.63, 3.8) is 0 Å². The number of carbonyl (C=O) groups is 3. The van der Waals surface area contributed by atoms with Crippen molar-refractivity contribution in [2.45, 2.75) is 20.8 Å². The second-order valence-electron chi connectivity index (χ2n) is 23.5. The lowest BCUT2D eigenvalue weighted by molar-refractivity contribution is -0.151. The zero-order valence-corrected chi connectivity index (χ0v) is 58.6. The molecule has 0 spiro atoms. The van der Waals surface area contributed by atoms with E-state index in [9.17, 15) is 14.4 Å². The summed E-state index contributed by atoms with van der Waals surface area (Å²) in [5.74, 6) is -1.91. The van der Waals surface area contributed by atoms with Crippen molar-refractivity contribution in [1.82, 2.24) is 34.8 Å². The molecule has 0 aliphatic rings. The Morgan fingerprint density at radius 1 is 0.311 bits per heavy atom. The Kier molecular flexibility index (Phi) is 28.4. The van der Waals surface area contributed by atoms with Crippen molar-refractivity contribution in [3.8, 4) is 70.6 Å². The Morgan fingerprint density at radius 2 is 0.519 bits per heavy atom. The van der Waals surface area contributed by atoms with Gasteiger partial charge in [-0.05, 0) is 162 Å².